The Balaban J connectivity index is 2.34. The minimum absolute atomic E-state index is 0.161. The predicted molar refractivity (Wildman–Crippen MR) is 79.2 cm³/mol. The molecule has 0 bridgehead atoms. The van der Waals surface area contributed by atoms with E-state index in [1.54, 1.807) is 12.1 Å². The highest BCUT2D eigenvalue weighted by molar-refractivity contribution is 7.94. The number of nitrogen functional groups attached to an aromatic ring is 1. The summed E-state index contributed by atoms with van der Waals surface area (Å²) in [6.07, 6.45) is 0. The monoisotopic (exact) mass is 329 g/mol. The Bertz CT molecular complexity index is 785. The number of anilines is 2. The van der Waals surface area contributed by atoms with Crippen molar-refractivity contribution in [3.8, 4) is 5.75 Å². The molecule has 1 aromatic carbocycles. The van der Waals surface area contributed by atoms with E-state index in [0.717, 1.165) is 6.07 Å². The lowest BCUT2D eigenvalue weighted by Gasteiger charge is -2.07. The van der Waals surface area contributed by atoms with Gasteiger partial charge in [-0.25, -0.2) is 8.42 Å². The maximum atomic E-state index is 12.2. The van der Waals surface area contributed by atoms with Gasteiger partial charge in [0.1, 0.15) is 9.96 Å². The second kappa shape index (κ2) is 5.58. The average Bonchev–Trinajstić information content (AvgIpc) is 2.81. The van der Waals surface area contributed by atoms with Crippen molar-refractivity contribution in [1.82, 2.24) is 0 Å². The molecule has 0 radical (unpaired) electrons. The summed E-state index contributed by atoms with van der Waals surface area (Å²) >= 11 is 0.633. The van der Waals surface area contributed by atoms with E-state index in [1.165, 1.54) is 19.2 Å². The Morgan fingerprint density at radius 1 is 1.38 bits per heavy atom. The number of rotatable bonds is 5. The van der Waals surface area contributed by atoms with Crippen molar-refractivity contribution >= 4 is 37.7 Å². The van der Waals surface area contributed by atoms with Crippen LogP contribution in [0.15, 0.2) is 34.5 Å². The molecule has 0 atom stereocenters. The SMILES string of the molecule is COc1cccc(NS(=O)(=O)c2cc([N+](=O)[O-])c(N)s2)c1. The lowest BCUT2D eigenvalue weighted by Crippen LogP contribution is -2.11. The maximum absolute atomic E-state index is 12.2. The number of hydrogen-bond donors (Lipinski definition) is 2. The van der Waals surface area contributed by atoms with E-state index in [9.17, 15) is 18.5 Å². The molecule has 2 aromatic rings. The van der Waals surface area contributed by atoms with Crippen LogP contribution in [0.25, 0.3) is 0 Å². The van der Waals surface area contributed by atoms with E-state index in [0.29, 0.717) is 17.1 Å². The summed E-state index contributed by atoms with van der Waals surface area (Å²) in [5, 5.41) is 10.5. The highest BCUT2D eigenvalue weighted by Crippen LogP contribution is 2.35. The number of nitrogens with zero attached hydrogens (tertiary/aromatic N) is 1. The quantitative estimate of drug-likeness (QED) is 0.639. The van der Waals surface area contributed by atoms with Crippen LogP contribution in [0, 0.1) is 10.1 Å². The molecule has 1 heterocycles. The molecular weight excluding hydrogens is 318 g/mol. The lowest BCUT2D eigenvalue weighted by atomic mass is 10.3. The Morgan fingerprint density at radius 2 is 2.10 bits per heavy atom. The molecule has 0 spiro atoms. The van der Waals surface area contributed by atoms with Gasteiger partial charge >= 0.3 is 5.69 Å². The van der Waals surface area contributed by atoms with Crippen LogP contribution in [0.5, 0.6) is 5.75 Å². The van der Waals surface area contributed by atoms with Crippen molar-refractivity contribution in [2.75, 3.05) is 17.6 Å². The van der Waals surface area contributed by atoms with Crippen molar-refractivity contribution in [3.63, 3.8) is 0 Å². The first-order valence-electron chi connectivity index (χ1n) is 5.54. The Hall–Kier alpha value is -2.33. The Morgan fingerprint density at radius 3 is 2.67 bits per heavy atom. The van der Waals surface area contributed by atoms with Gasteiger partial charge in [-0.1, -0.05) is 17.4 Å². The highest BCUT2D eigenvalue weighted by Gasteiger charge is 2.24. The number of sulfonamides is 1. The normalized spacial score (nSPS) is 11.1. The molecule has 0 aliphatic heterocycles. The highest BCUT2D eigenvalue weighted by atomic mass is 32.2. The second-order valence-electron chi connectivity index (χ2n) is 3.91. The first kappa shape index (κ1) is 15.1. The van der Waals surface area contributed by atoms with Crippen molar-refractivity contribution in [2.45, 2.75) is 4.21 Å². The van der Waals surface area contributed by atoms with E-state index in [4.69, 9.17) is 10.5 Å². The summed E-state index contributed by atoms with van der Waals surface area (Å²) in [5.41, 5.74) is 5.30. The van der Waals surface area contributed by atoms with Crippen LogP contribution in [0.3, 0.4) is 0 Å². The van der Waals surface area contributed by atoms with Crippen LogP contribution < -0.4 is 15.2 Å². The molecule has 0 aliphatic carbocycles. The lowest BCUT2D eigenvalue weighted by molar-refractivity contribution is -0.383. The van der Waals surface area contributed by atoms with Crippen LogP contribution in [0.1, 0.15) is 0 Å². The van der Waals surface area contributed by atoms with E-state index in [-0.39, 0.29) is 14.9 Å². The van der Waals surface area contributed by atoms with Crippen LogP contribution >= 0.6 is 11.3 Å². The molecule has 112 valence electrons. The zero-order chi connectivity index (χ0) is 15.6. The Kier molecular flexibility index (Phi) is 4.00. The number of hydrogen-bond acceptors (Lipinski definition) is 7. The number of methoxy groups -OCH3 is 1. The number of ether oxygens (including phenoxy) is 1. The standard InChI is InChI=1S/C11H11N3O5S2/c1-19-8-4-2-3-7(5-8)13-21(17,18)10-6-9(14(15)16)11(12)20-10/h2-6,13H,12H2,1H3. The maximum Gasteiger partial charge on any atom is 0.304 e. The van der Waals surface area contributed by atoms with Gasteiger partial charge in [0.25, 0.3) is 10.0 Å². The molecule has 0 saturated carbocycles. The molecule has 0 fully saturated rings. The average molecular weight is 329 g/mol. The molecule has 10 heteroatoms. The Labute approximate surface area is 124 Å². The summed E-state index contributed by atoms with van der Waals surface area (Å²) < 4.78 is 31.4. The molecule has 0 saturated heterocycles. The minimum Gasteiger partial charge on any atom is -0.497 e. The summed E-state index contributed by atoms with van der Waals surface area (Å²) in [5.74, 6) is 0.479. The molecule has 0 amide bonds. The predicted octanol–water partition coefficient (Wildman–Crippen LogP) is 2.05. The minimum atomic E-state index is -3.94. The van der Waals surface area contributed by atoms with Gasteiger partial charge in [0, 0.05) is 12.1 Å². The van der Waals surface area contributed by atoms with Gasteiger partial charge < -0.3 is 10.5 Å². The largest absolute Gasteiger partial charge is 0.497 e. The van der Waals surface area contributed by atoms with Crippen LogP contribution in [0.2, 0.25) is 0 Å². The summed E-state index contributed by atoms with van der Waals surface area (Å²) in [7, 11) is -2.49. The number of nitrogens with one attached hydrogen (secondary N) is 1. The van der Waals surface area contributed by atoms with E-state index in [1.807, 2.05) is 0 Å². The summed E-state index contributed by atoms with van der Waals surface area (Å²) in [6.45, 7) is 0. The fourth-order valence-electron chi connectivity index (χ4n) is 1.54. The van der Waals surface area contributed by atoms with Gasteiger partial charge in [-0.3, -0.25) is 14.8 Å². The summed E-state index contributed by atoms with van der Waals surface area (Å²) in [6, 6.07) is 7.23. The summed E-state index contributed by atoms with van der Waals surface area (Å²) in [4.78, 5) is 9.98. The molecule has 0 unspecified atom stereocenters. The number of thiophene rings is 1. The van der Waals surface area contributed by atoms with Crippen LogP contribution in [-0.2, 0) is 10.0 Å². The molecule has 3 N–H and O–H groups in total. The van der Waals surface area contributed by atoms with Gasteiger partial charge in [0.2, 0.25) is 0 Å². The second-order valence-corrected chi connectivity index (χ2v) is 6.90. The van der Waals surface area contributed by atoms with Gasteiger partial charge in [-0.15, -0.1) is 0 Å². The van der Waals surface area contributed by atoms with Crippen molar-refractivity contribution in [2.24, 2.45) is 0 Å². The third-order valence-corrected chi connectivity index (χ3v) is 5.31. The molecule has 8 nitrogen and oxygen atoms in total. The van der Waals surface area contributed by atoms with Crippen molar-refractivity contribution < 1.29 is 18.1 Å². The first-order valence-corrected chi connectivity index (χ1v) is 7.84. The fraction of sp³-hybridized carbons (Fsp3) is 0.0909. The van der Waals surface area contributed by atoms with Crippen molar-refractivity contribution in [3.05, 3.63) is 40.4 Å². The van der Waals surface area contributed by atoms with Gasteiger partial charge in [-0.05, 0) is 12.1 Å². The zero-order valence-electron chi connectivity index (χ0n) is 10.8. The molecular formula is C11H11N3O5S2. The molecule has 2 rings (SSSR count). The van der Waals surface area contributed by atoms with E-state index in [2.05, 4.69) is 4.72 Å². The van der Waals surface area contributed by atoms with Gasteiger partial charge in [0.15, 0.2) is 5.00 Å². The van der Waals surface area contributed by atoms with E-state index < -0.39 is 20.6 Å². The first-order chi connectivity index (χ1) is 9.83. The van der Waals surface area contributed by atoms with Gasteiger partial charge in [-0.2, -0.15) is 0 Å². The zero-order valence-corrected chi connectivity index (χ0v) is 12.4. The third kappa shape index (κ3) is 3.23. The fourth-order valence-corrected chi connectivity index (χ4v) is 3.80. The topological polar surface area (TPSA) is 125 Å². The third-order valence-electron chi connectivity index (χ3n) is 2.50. The smallest absolute Gasteiger partial charge is 0.304 e. The van der Waals surface area contributed by atoms with E-state index >= 15 is 0 Å². The number of nitro groups is 1. The number of nitrogens with two attached hydrogens (primary N) is 1. The molecule has 1 aromatic heterocycles. The molecule has 21 heavy (non-hydrogen) atoms. The van der Waals surface area contributed by atoms with Crippen LogP contribution in [0.4, 0.5) is 16.4 Å². The molecule has 0 aliphatic rings. The van der Waals surface area contributed by atoms with Crippen LogP contribution in [-0.4, -0.2) is 20.5 Å². The van der Waals surface area contributed by atoms with Crippen molar-refractivity contribution in [1.29, 1.82) is 0 Å². The number of benzene rings is 1. The van der Waals surface area contributed by atoms with Gasteiger partial charge in [0.05, 0.1) is 17.7 Å².